The van der Waals surface area contributed by atoms with Gasteiger partial charge in [-0.1, -0.05) is 6.92 Å². The molecule has 0 bridgehead atoms. The van der Waals surface area contributed by atoms with Gasteiger partial charge in [0.15, 0.2) is 5.60 Å². The highest BCUT2D eigenvalue weighted by molar-refractivity contribution is 5.90. The van der Waals surface area contributed by atoms with Crippen LogP contribution in [0.5, 0.6) is 0 Å². The van der Waals surface area contributed by atoms with Gasteiger partial charge in [-0.3, -0.25) is 9.69 Å². The number of aromatic nitrogens is 2. The van der Waals surface area contributed by atoms with Gasteiger partial charge in [-0.05, 0) is 62.2 Å². The Hall–Kier alpha value is -3.07. The summed E-state index contributed by atoms with van der Waals surface area (Å²) in [6.07, 6.45) is 0.132. The van der Waals surface area contributed by atoms with Crippen LogP contribution in [0.1, 0.15) is 46.7 Å². The molecule has 8 heteroatoms. The Kier molecular flexibility index (Phi) is 5.33. The number of likely N-dealkylation sites (N-methyl/N-ethyl adjacent to an activating group) is 1. The Bertz CT molecular complexity index is 1490. The molecule has 1 N–H and O–H groups in total. The second-order valence-corrected chi connectivity index (χ2v) is 10.6. The number of aryl methyl sites for hydroxylation is 2. The molecule has 1 unspecified atom stereocenters. The van der Waals surface area contributed by atoms with Crippen molar-refractivity contribution in [1.29, 1.82) is 0 Å². The molecule has 8 nitrogen and oxygen atoms in total. The third-order valence-corrected chi connectivity index (χ3v) is 8.40. The third-order valence-electron chi connectivity index (χ3n) is 8.40. The molecule has 3 aliphatic heterocycles. The number of carbonyl (C=O) groups excluding carboxylic acids is 1. The second-order valence-electron chi connectivity index (χ2n) is 10.6. The summed E-state index contributed by atoms with van der Waals surface area (Å²) in [7, 11) is 2.15. The van der Waals surface area contributed by atoms with Gasteiger partial charge >= 0.3 is 5.97 Å². The lowest BCUT2D eigenvalue weighted by Gasteiger charge is -2.33. The van der Waals surface area contributed by atoms with Crippen molar-refractivity contribution in [3.63, 3.8) is 0 Å². The van der Waals surface area contributed by atoms with Gasteiger partial charge in [0.05, 0.1) is 29.0 Å². The monoisotopic (exact) mass is 488 g/mol. The quantitative estimate of drug-likeness (QED) is 0.443. The molecule has 5 heterocycles. The Labute approximate surface area is 210 Å². The molecule has 3 aromatic rings. The average molecular weight is 489 g/mol. The van der Waals surface area contributed by atoms with Crippen LogP contribution in [0.15, 0.2) is 23.0 Å². The van der Waals surface area contributed by atoms with E-state index in [0.717, 1.165) is 54.9 Å². The minimum absolute atomic E-state index is 0.117. The zero-order valence-corrected chi connectivity index (χ0v) is 21.3. The van der Waals surface area contributed by atoms with E-state index in [1.165, 1.54) is 16.7 Å². The normalized spacial score (nSPS) is 21.9. The van der Waals surface area contributed by atoms with Gasteiger partial charge < -0.3 is 19.3 Å². The number of carbonyl (C=O) groups is 1. The summed E-state index contributed by atoms with van der Waals surface area (Å²) in [6, 6.07) is 6.14. The van der Waals surface area contributed by atoms with Crippen molar-refractivity contribution in [2.75, 3.05) is 33.2 Å². The van der Waals surface area contributed by atoms with E-state index >= 15 is 0 Å². The highest BCUT2D eigenvalue weighted by Crippen LogP contribution is 2.40. The number of hydrogen-bond acceptors (Lipinski definition) is 7. The first kappa shape index (κ1) is 23.3. The number of fused-ring (bicyclic) bond motifs is 5. The van der Waals surface area contributed by atoms with Crippen molar-refractivity contribution in [1.82, 2.24) is 19.4 Å². The Morgan fingerprint density at radius 1 is 1.06 bits per heavy atom. The summed E-state index contributed by atoms with van der Waals surface area (Å²) in [6.45, 7) is 11.1. The molecular formula is C28H32N4O4. The van der Waals surface area contributed by atoms with E-state index in [1.54, 1.807) is 17.6 Å². The molecule has 0 radical (unpaired) electrons. The number of aliphatic hydroxyl groups is 1. The topological polar surface area (TPSA) is 87.9 Å². The summed E-state index contributed by atoms with van der Waals surface area (Å²) in [5.74, 6) is -0.701. The largest absolute Gasteiger partial charge is 0.458 e. The predicted molar refractivity (Wildman–Crippen MR) is 137 cm³/mol. The Morgan fingerprint density at radius 3 is 2.50 bits per heavy atom. The lowest BCUT2D eigenvalue weighted by molar-refractivity contribution is -0.172. The maximum Gasteiger partial charge on any atom is 0.343 e. The number of esters is 1. The maximum absolute atomic E-state index is 13.6. The molecule has 2 aromatic heterocycles. The molecule has 0 aliphatic carbocycles. The summed E-state index contributed by atoms with van der Waals surface area (Å²) in [4.78, 5) is 36.0. The molecule has 1 fully saturated rings. The molecule has 1 saturated heterocycles. The van der Waals surface area contributed by atoms with Gasteiger partial charge in [-0.2, -0.15) is 0 Å². The van der Waals surface area contributed by atoms with Crippen LogP contribution in [0.25, 0.3) is 22.3 Å². The van der Waals surface area contributed by atoms with Gasteiger partial charge in [0.2, 0.25) is 0 Å². The molecule has 0 spiro atoms. The van der Waals surface area contributed by atoms with Crippen molar-refractivity contribution in [3.05, 3.63) is 61.9 Å². The first-order valence-corrected chi connectivity index (χ1v) is 12.7. The van der Waals surface area contributed by atoms with Gasteiger partial charge in [0, 0.05) is 49.2 Å². The number of benzene rings is 1. The molecule has 1 aromatic carbocycles. The SMILES string of the molecule is CCC1(O)C(=O)OCc2c1cc1n(c2=O)Cc2c-1nc1cc(C)c(C)cc1c2CN1CCN(C)CC1. The van der Waals surface area contributed by atoms with Crippen LogP contribution in [-0.2, 0) is 34.8 Å². The second kappa shape index (κ2) is 8.23. The lowest BCUT2D eigenvalue weighted by Crippen LogP contribution is -2.44. The number of ether oxygens (including phenoxy) is 1. The number of piperazine rings is 1. The van der Waals surface area contributed by atoms with Crippen LogP contribution in [0.4, 0.5) is 0 Å². The van der Waals surface area contributed by atoms with E-state index in [-0.39, 0.29) is 18.6 Å². The number of rotatable bonds is 3. The van der Waals surface area contributed by atoms with Gasteiger partial charge in [0.25, 0.3) is 5.56 Å². The van der Waals surface area contributed by atoms with Crippen LogP contribution in [-0.4, -0.2) is 63.7 Å². The molecule has 36 heavy (non-hydrogen) atoms. The van der Waals surface area contributed by atoms with E-state index in [4.69, 9.17) is 9.72 Å². The number of pyridine rings is 2. The van der Waals surface area contributed by atoms with Crippen LogP contribution in [0.3, 0.4) is 0 Å². The molecule has 3 aliphatic rings. The van der Waals surface area contributed by atoms with E-state index in [2.05, 4.69) is 42.8 Å². The van der Waals surface area contributed by atoms with E-state index in [0.29, 0.717) is 23.4 Å². The van der Waals surface area contributed by atoms with Crippen LogP contribution in [0, 0.1) is 13.8 Å². The van der Waals surface area contributed by atoms with Crippen LogP contribution in [0.2, 0.25) is 0 Å². The van der Waals surface area contributed by atoms with Crippen molar-refractivity contribution in [2.24, 2.45) is 0 Å². The minimum atomic E-state index is -1.82. The Morgan fingerprint density at radius 2 is 1.78 bits per heavy atom. The number of hydrogen-bond donors (Lipinski definition) is 1. The fourth-order valence-corrected chi connectivity index (χ4v) is 5.83. The molecule has 0 amide bonds. The number of nitrogens with zero attached hydrogens (tertiary/aromatic N) is 4. The molecule has 1 atom stereocenters. The van der Waals surface area contributed by atoms with E-state index < -0.39 is 11.6 Å². The zero-order chi connectivity index (χ0) is 25.4. The average Bonchev–Trinajstić information content (AvgIpc) is 3.23. The Balaban J connectivity index is 1.57. The zero-order valence-electron chi connectivity index (χ0n) is 21.3. The smallest absolute Gasteiger partial charge is 0.343 e. The third kappa shape index (κ3) is 3.35. The van der Waals surface area contributed by atoms with E-state index in [1.807, 2.05) is 0 Å². The highest BCUT2D eigenvalue weighted by atomic mass is 16.6. The fourth-order valence-electron chi connectivity index (χ4n) is 5.83. The molecule has 6 rings (SSSR count). The molecule has 0 saturated carbocycles. The van der Waals surface area contributed by atoms with Crippen LogP contribution >= 0.6 is 0 Å². The van der Waals surface area contributed by atoms with Crippen molar-refractivity contribution in [2.45, 2.75) is 52.5 Å². The summed E-state index contributed by atoms with van der Waals surface area (Å²) < 4.78 is 6.96. The fraction of sp³-hybridized carbons (Fsp3) is 0.464. The summed E-state index contributed by atoms with van der Waals surface area (Å²) in [5.41, 5.74) is 5.66. The van der Waals surface area contributed by atoms with Crippen molar-refractivity contribution < 1.29 is 14.6 Å². The maximum atomic E-state index is 13.6. The van der Waals surface area contributed by atoms with E-state index in [9.17, 15) is 14.7 Å². The van der Waals surface area contributed by atoms with Crippen LogP contribution < -0.4 is 5.56 Å². The standard InChI is InChI=1S/C28H32N4O4/c1-5-28(35)22-12-24-25-20(14-32(24)26(33)21(22)15-36-27(28)34)19(13-31-8-6-30(4)7-9-31)18-10-16(2)17(3)11-23(18)29-25/h10-12,35H,5-9,13-15H2,1-4H3. The first-order chi connectivity index (χ1) is 17.2. The lowest BCUT2D eigenvalue weighted by atomic mass is 9.86. The number of cyclic esters (lactones) is 1. The van der Waals surface area contributed by atoms with Gasteiger partial charge in [-0.25, -0.2) is 9.78 Å². The van der Waals surface area contributed by atoms with Gasteiger partial charge in [0.1, 0.15) is 6.61 Å². The summed E-state index contributed by atoms with van der Waals surface area (Å²) in [5, 5.41) is 12.3. The van der Waals surface area contributed by atoms with Crippen molar-refractivity contribution in [3.8, 4) is 11.4 Å². The van der Waals surface area contributed by atoms with Crippen molar-refractivity contribution >= 4 is 16.9 Å². The van der Waals surface area contributed by atoms with Gasteiger partial charge in [-0.15, -0.1) is 0 Å². The predicted octanol–water partition coefficient (Wildman–Crippen LogP) is 2.44. The molecule has 188 valence electrons. The first-order valence-electron chi connectivity index (χ1n) is 12.7. The minimum Gasteiger partial charge on any atom is -0.458 e. The highest BCUT2D eigenvalue weighted by Gasteiger charge is 2.45. The summed E-state index contributed by atoms with van der Waals surface area (Å²) >= 11 is 0. The molecular weight excluding hydrogens is 456 g/mol.